The Kier molecular flexibility index (Phi) is 5.80. The number of amides is 1. The summed E-state index contributed by atoms with van der Waals surface area (Å²) in [5.41, 5.74) is 0.174. The normalized spacial score (nSPS) is 16.5. The van der Waals surface area contributed by atoms with Gasteiger partial charge in [-0.1, -0.05) is 18.9 Å². The molecule has 0 bridgehead atoms. The average Bonchev–Trinajstić information content (AvgIpc) is 2.80. The number of hydrogen-bond donors (Lipinski definition) is 3. The van der Waals surface area contributed by atoms with Crippen molar-refractivity contribution in [3.63, 3.8) is 0 Å². The van der Waals surface area contributed by atoms with E-state index in [0.717, 1.165) is 29.1 Å². The zero-order valence-electron chi connectivity index (χ0n) is 14.9. The van der Waals surface area contributed by atoms with Crippen molar-refractivity contribution in [3.05, 3.63) is 23.8 Å². The van der Waals surface area contributed by atoms with E-state index >= 15 is 0 Å². The maximum Gasteiger partial charge on any atom is 0.326 e. The van der Waals surface area contributed by atoms with Crippen molar-refractivity contribution in [3.8, 4) is 5.75 Å². The molecule has 1 aliphatic heterocycles. The molecular formula is C17H24N2O6S. The van der Waals surface area contributed by atoms with E-state index in [1.807, 2.05) is 4.72 Å². The van der Waals surface area contributed by atoms with Crippen molar-refractivity contribution in [1.29, 1.82) is 0 Å². The van der Waals surface area contributed by atoms with Gasteiger partial charge >= 0.3 is 16.2 Å². The summed E-state index contributed by atoms with van der Waals surface area (Å²) < 4.78 is 26.6. The van der Waals surface area contributed by atoms with E-state index in [1.165, 1.54) is 6.07 Å². The van der Waals surface area contributed by atoms with Gasteiger partial charge in [0.05, 0.1) is 11.1 Å². The Morgan fingerprint density at radius 2 is 1.96 bits per heavy atom. The first-order chi connectivity index (χ1) is 12.0. The highest BCUT2D eigenvalue weighted by Gasteiger charge is 2.35. The summed E-state index contributed by atoms with van der Waals surface area (Å²) in [7, 11) is -3.96. The largest absolute Gasteiger partial charge is 0.506 e. The Hall–Kier alpha value is -2.29. The smallest absolute Gasteiger partial charge is 0.326 e. The number of phenols is 1. The molecule has 1 saturated heterocycles. The number of aryl methyl sites for hydroxylation is 1. The molecule has 0 spiro atoms. The predicted octanol–water partition coefficient (Wildman–Crippen LogP) is 1.79. The Morgan fingerprint density at radius 3 is 2.54 bits per heavy atom. The van der Waals surface area contributed by atoms with Gasteiger partial charge < -0.3 is 10.2 Å². The number of benzene rings is 1. The van der Waals surface area contributed by atoms with Crippen LogP contribution in [0.5, 0.6) is 5.75 Å². The van der Waals surface area contributed by atoms with Gasteiger partial charge in [-0.3, -0.25) is 9.59 Å². The third-order valence-electron chi connectivity index (χ3n) is 4.47. The monoisotopic (exact) mass is 384 g/mol. The fraction of sp³-hybridized carbons (Fsp3) is 0.529. The van der Waals surface area contributed by atoms with Gasteiger partial charge in [-0.05, 0) is 50.8 Å². The molecule has 1 aromatic rings. The number of carbonyl (C=O) groups is 2. The molecule has 1 amide bonds. The first-order valence-electron chi connectivity index (χ1n) is 8.41. The molecule has 1 heterocycles. The summed E-state index contributed by atoms with van der Waals surface area (Å²) in [6.07, 6.45) is 3.68. The molecule has 0 radical (unpaired) electrons. The number of nitrogens with one attached hydrogen (secondary N) is 1. The summed E-state index contributed by atoms with van der Waals surface area (Å²) in [6.45, 7) is 3.05. The third kappa shape index (κ3) is 4.66. The van der Waals surface area contributed by atoms with Crippen molar-refractivity contribution in [2.75, 3.05) is 10.8 Å². The highest BCUT2D eigenvalue weighted by Crippen LogP contribution is 2.32. The highest BCUT2D eigenvalue weighted by molar-refractivity contribution is 7.92. The van der Waals surface area contributed by atoms with Gasteiger partial charge in [0.25, 0.3) is 5.91 Å². The number of phenolic OH excluding ortho intramolecular Hbond substituents is 1. The molecular weight excluding hydrogens is 360 g/mol. The first-order valence-corrected chi connectivity index (χ1v) is 9.85. The molecule has 0 aliphatic carbocycles. The molecule has 26 heavy (non-hydrogen) atoms. The van der Waals surface area contributed by atoms with E-state index in [-0.39, 0.29) is 18.0 Å². The number of carboxylic acid groups (broad SMARTS) is 1. The number of anilines is 1. The number of aliphatic carboxylic acids is 1. The lowest BCUT2D eigenvalue weighted by Crippen LogP contribution is -2.29. The van der Waals surface area contributed by atoms with Crippen LogP contribution in [0.3, 0.4) is 0 Å². The van der Waals surface area contributed by atoms with Crippen LogP contribution in [0.1, 0.15) is 45.1 Å². The van der Waals surface area contributed by atoms with Crippen LogP contribution in [0.15, 0.2) is 18.2 Å². The van der Waals surface area contributed by atoms with Gasteiger partial charge in [0, 0.05) is 0 Å². The lowest BCUT2D eigenvalue weighted by Gasteiger charge is -2.18. The van der Waals surface area contributed by atoms with Gasteiger partial charge in [0.2, 0.25) is 0 Å². The maximum atomic E-state index is 11.9. The van der Waals surface area contributed by atoms with Gasteiger partial charge in [-0.25, -0.2) is 9.03 Å². The number of nitrogens with zero attached hydrogens (tertiary/aromatic N) is 1. The second-order valence-electron chi connectivity index (χ2n) is 7.11. The van der Waals surface area contributed by atoms with Crippen molar-refractivity contribution in [2.45, 2.75) is 46.0 Å². The standard InChI is InChI=1S/C17H24N2O6S/c1-17(2,16(22)23)9-5-3-4-6-12-7-8-14(20)13(10-12)19-11-15(21)18-26(19,24)25/h7-8,10,20H,3-6,9,11H2,1-2H3,(H,18,21)(H,22,23). The highest BCUT2D eigenvalue weighted by atomic mass is 32.2. The Balaban J connectivity index is 1.96. The summed E-state index contributed by atoms with van der Waals surface area (Å²) in [5, 5.41) is 19.1. The minimum atomic E-state index is -3.96. The minimum Gasteiger partial charge on any atom is -0.506 e. The van der Waals surface area contributed by atoms with Gasteiger partial charge in [-0.2, -0.15) is 8.42 Å². The van der Waals surface area contributed by atoms with E-state index < -0.39 is 27.5 Å². The molecule has 8 nitrogen and oxygen atoms in total. The molecule has 9 heteroatoms. The molecule has 1 aliphatic rings. The van der Waals surface area contributed by atoms with E-state index in [4.69, 9.17) is 5.11 Å². The number of carbonyl (C=O) groups excluding carboxylic acids is 1. The summed E-state index contributed by atoms with van der Waals surface area (Å²) in [6, 6.07) is 4.68. The molecule has 144 valence electrons. The van der Waals surface area contributed by atoms with Crippen molar-refractivity contribution >= 4 is 27.8 Å². The fourth-order valence-corrected chi connectivity index (χ4v) is 3.92. The van der Waals surface area contributed by atoms with E-state index in [1.54, 1.807) is 26.0 Å². The van der Waals surface area contributed by atoms with E-state index in [9.17, 15) is 23.1 Å². The molecule has 1 aromatic carbocycles. The molecule has 1 fully saturated rings. The minimum absolute atomic E-state index is 0.0767. The fourth-order valence-electron chi connectivity index (χ4n) is 2.77. The quantitative estimate of drug-likeness (QED) is 0.587. The topological polar surface area (TPSA) is 124 Å². The lowest BCUT2D eigenvalue weighted by atomic mass is 9.87. The van der Waals surface area contributed by atoms with Gasteiger partial charge in [-0.15, -0.1) is 0 Å². The second kappa shape index (κ2) is 7.53. The second-order valence-corrected chi connectivity index (χ2v) is 8.70. The van der Waals surface area contributed by atoms with Crippen LogP contribution in [0.2, 0.25) is 0 Å². The number of unbranched alkanes of at least 4 members (excludes halogenated alkanes) is 2. The Bertz CT molecular complexity index is 803. The lowest BCUT2D eigenvalue weighted by molar-refractivity contribution is -0.147. The van der Waals surface area contributed by atoms with Crippen LogP contribution in [0, 0.1) is 5.41 Å². The predicted molar refractivity (Wildman–Crippen MR) is 96.1 cm³/mol. The average molecular weight is 384 g/mol. The zero-order chi connectivity index (χ0) is 19.5. The summed E-state index contributed by atoms with van der Waals surface area (Å²) in [5.74, 6) is -1.66. The van der Waals surface area contributed by atoms with Crippen LogP contribution >= 0.6 is 0 Å². The maximum absolute atomic E-state index is 11.9. The van der Waals surface area contributed by atoms with Crippen molar-refractivity contribution in [1.82, 2.24) is 4.72 Å². The van der Waals surface area contributed by atoms with Gasteiger partial charge in [0.1, 0.15) is 12.3 Å². The number of carboxylic acids is 1. The van der Waals surface area contributed by atoms with Crippen LogP contribution in [-0.2, 0) is 26.2 Å². The van der Waals surface area contributed by atoms with E-state index in [0.29, 0.717) is 12.8 Å². The Morgan fingerprint density at radius 1 is 1.27 bits per heavy atom. The number of rotatable bonds is 8. The van der Waals surface area contributed by atoms with Gasteiger partial charge in [0.15, 0.2) is 0 Å². The van der Waals surface area contributed by atoms with Crippen LogP contribution in [0.4, 0.5) is 5.69 Å². The van der Waals surface area contributed by atoms with Crippen LogP contribution in [0.25, 0.3) is 0 Å². The van der Waals surface area contributed by atoms with Crippen LogP contribution < -0.4 is 9.03 Å². The molecule has 0 atom stereocenters. The molecule has 0 aromatic heterocycles. The number of hydrogen-bond acceptors (Lipinski definition) is 5. The first kappa shape index (κ1) is 20.0. The van der Waals surface area contributed by atoms with Crippen molar-refractivity contribution in [2.24, 2.45) is 5.41 Å². The number of aromatic hydroxyl groups is 1. The summed E-state index contributed by atoms with van der Waals surface area (Å²) >= 11 is 0. The summed E-state index contributed by atoms with van der Waals surface area (Å²) in [4.78, 5) is 22.4. The third-order valence-corrected chi connectivity index (χ3v) is 5.87. The molecule has 2 rings (SSSR count). The van der Waals surface area contributed by atoms with Crippen LogP contribution in [-0.4, -0.2) is 37.1 Å². The molecule has 0 saturated carbocycles. The SMILES string of the molecule is CC(C)(CCCCCc1ccc(O)c(N2CC(=O)NS2(=O)=O)c1)C(=O)O. The van der Waals surface area contributed by atoms with E-state index in [2.05, 4.69) is 0 Å². The zero-order valence-corrected chi connectivity index (χ0v) is 15.7. The molecule has 3 N–H and O–H groups in total. The molecule has 0 unspecified atom stereocenters. The Labute approximate surface area is 153 Å². The van der Waals surface area contributed by atoms with Crippen molar-refractivity contribution < 1.29 is 28.2 Å².